The zero-order chi connectivity index (χ0) is 22.0. The minimum atomic E-state index is -0.359. The molecule has 158 valence electrons. The Balaban J connectivity index is 1.71. The number of rotatable bonds is 6. The van der Waals surface area contributed by atoms with Gasteiger partial charge in [-0.3, -0.25) is 10.1 Å². The van der Waals surface area contributed by atoms with Crippen LogP contribution in [0.3, 0.4) is 0 Å². The number of halogens is 1. The molecule has 0 unspecified atom stereocenters. The lowest BCUT2D eigenvalue weighted by molar-refractivity contribution is 0.102. The molecule has 7 nitrogen and oxygen atoms in total. The summed E-state index contributed by atoms with van der Waals surface area (Å²) in [6, 6.07) is 12.9. The van der Waals surface area contributed by atoms with Crippen LogP contribution >= 0.6 is 22.9 Å². The molecular weight excluding hydrogens is 436 g/mol. The summed E-state index contributed by atoms with van der Waals surface area (Å²) in [7, 11) is 4.89. The Morgan fingerprint density at radius 3 is 2.58 bits per heavy atom. The Hall–Kier alpha value is -3.36. The van der Waals surface area contributed by atoms with Gasteiger partial charge in [-0.05, 0) is 12.1 Å². The van der Waals surface area contributed by atoms with Crippen molar-refractivity contribution < 1.29 is 14.3 Å². The van der Waals surface area contributed by atoms with Crippen LogP contribution in [0.25, 0.3) is 22.0 Å². The van der Waals surface area contributed by atoms with E-state index in [4.69, 9.17) is 21.1 Å². The summed E-state index contributed by atoms with van der Waals surface area (Å²) in [5.41, 5.74) is 2.02. The van der Waals surface area contributed by atoms with Crippen LogP contribution in [0.15, 0.2) is 54.9 Å². The third-order valence-electron chi connectivity index (χ3n) is 4.61. The topological polar surface area (TPSA) is 78.3 Å². The molecule has 0 bridgehead atoms. The average molecular weight is 455 g/mol. The zero-order valence-electron chi connectivity index (χ0n) is 17.0. The van der Waals surface area contributed by atoms with Gasteiger partial charge in [0.05, 0.1) is 29.8 Å². The molecule has 0 aliphatic rings. The van der Waals surface area contributed by atoms with Crippen molar-refractivity contribution in [2.45, 2.75) is 0 Å². The number of ether oxygens (including phenoxy) is 2. The number of methoxy groups -OCH3 is 2. The number of carbonyl (C=O) groups is 1. The van der Waals surface area contributed by atoms with E-state index in [0.29, 0.717) is 22.2 Å². The molecule has 0 saturated carbocycles. The summed E-state index contributed by atoms with van der Waals surface area (Å²) in [5.74, 6) is 1.16. The van der Waals surface area contributed by atoms with E-state index < -0.39 is 0 Å². The fourth-order valence-electron chi connectivity index (χ4n) is 3.12. The number of thiazole rings is 1. The van der Waals surface area contributed by atoms with E-state index >= 15 is 0 Å². The van der Waals surface area contributed by atoms with Crippen molar-refractivity contribution in [2.24, 2.45) is 7.05 Å². The molecular formula is C22H19ClN4O3S. The van der Waals surface area contributed by atoms with E-state index in [2.05, 4.69) is 15.3 Å². The number of nitrogens with zero attached hydrogens (tertiary/aromatic N) is 3. The van der Waals surface area contributed by atoms with E-state index in [1.807, 2.05) is 48.1 Å². The van der Waals surface area contributed by atoms with Gasteiger partial charge in [0.2, 0.25) is 0 Å². The Kier molecular flexibility index (Phi) is 5.92. The number of hydrogen-bond donors (Lipinski definition) is 1. The van der Waals surface area contributed by atoms with Gasteiger partial charge >= 0.3 is 0 Å². The second-order valence-corrected chi connectivity index (χ2v) is 7.98. The first-order valence-corrected chi connectivity index (χ1v) is 10.5. The molecule has 4 aromatic rings. The maximum Gasteiger partial charge on any atom is 0.257 e. The fourth-order valence-corrected chi connectivity index (χ4v) is 4.43. The number of aryl methyl sites for hydroxylation is 1. The lowest BCUT2D eigenvalue weighted by atomic mass is 10.1. The van der Waals surface area contributed by atoms with Crippen LogP contribution in [0.2, 0.25) is 5.02 Å². The van der Waals surface area contributed by atoms with Crippen molar-refractivity contribution >= 4 is 34.0 Å². The second kappa shape index (κ2) is 8.79. The second-order valence-electron chi connectivity index (χ2n) is 6.57. The van der Waals surface area contributed by atoms with E-state index in [9.17, 15) is 4.79 Å². The number of benzene rings is 2. The van der Waals surface area contributed by atoms with Gasteiger partial charge < -0.3 is 14.0 Å². The van der Waals surface area contributed by atoms with Crippen LogP contribution in [0.1, 0.15) is 10.4 Å². The highest BCUT2D eigenvalue weighted by molar-refractivity contribution is 7.19. The first-order valence-electron chi connectivity index (χ1n) is 9.28. The molecule has 1 amide bonds. The minimum absolute atomic E-state index is 0.282. The van der Waals surface area contributed by atoms with Crippen LogP contribution < -0.4 is 14.8 Å². The molecule has 0 aliphatic carbocycles. The number of anilines is 1. The van der Waals surface area contributed by atoms with Crippen molar-refractivity contribution in [3.8, 4) is 33.5 Å². The summed E-state index contributed by atoms with van der Waals surface area (Å²) >= 11 is 7.60. The molecule has 2 heterocycles. The molecule has 9 heteroatoms. The van der Waals surface area contributed by atoms with Crippen LogP contribution in [-0.4, -0.2) is 34.7 Å². The highest BCUT2D eigenvalue weighted by Crippen LogP contribution is 2.39. The average Bonchev–Trinajstić information content (AvgIpc) is 3.39. The summed E-state index contributed by atoms with van der Waals surface area (Å²) < 4.78 is 12.4. The molecule has 31 heavy (non-hydrogen) atoms. The Morgan fingerprint density at radius 2 is 1.94 bits per heavy atom. The quantitative estimate of drug-likeness (QED) is 0.436. The van der Waals surface area contributed by atoms with Gasteiger partial charge in [-0.25, -0.2) is 9.97 Å². The predicted octanol–water partition coefficient (Wildman–Crippen LogP) is 5.13. The zero-order valence-corrected chi connectivity index (χ0v) is 18.6. The third-order valence-corrected chi connectivity index (χ3v) is 5.86. The smallest absolute Gasteiger partial charge is 0.257 e. The molecule has 0 radical (unpaired) electrons. The summed E-state index contributed by atoms with van der Waals surface area (Å²) in [4.78, 5) is 22.9. The Labute approximate surface area is 188 Å². The van der Waals surface area contributed by atoms with Gasteiger partial charge in [-0.1, -0.05) is 53.3 Å². The molecule has 0 saturated heterocycles. The molecule has 1 N–H and O–H groups in total. The molecule has 2 aromatic carbocycles. The van der Waals surface area contributed by atoms with Crippen molar-refractivity contribution in [3.63, 3.8) is 0 Å². The van der Waals surface area contributed by atoms with E-state index in [0.717, 1.165) is 22.0 Å². The normalized spacial score (nSPS) is 10.7. The van der Waals surface area contributed by atoms with Crippen LogP contribution in [0.5, 0.6) is 11.5 Å². The van der Waals surface area contributed by atoms with Gasteiger partial charge in [0, 0.05) is 30.6 Å². The van der Waals surface area contributed by atoms with Gasteiger partial charge in [0.1, 0.15) is 0 Å². The number of aromatic nitrogens is 3. The monoisotopic (exact) mass is 454 g/mol. The van der Waals surface area contributed by atoms with E-state index in [-0.39, 0.29) is 10.9 Å². The molecule has 0 aliphatic heterocycles. The molecule has 0 fully saturated rings. The fraction of sp³-hybridized carbons (Fsp3) is 0.136. The van der Waals surface area contributed by atoms with Gasteiger partial charge in [0.15, 0.2) is 22.5 Å². The number of nitrogens with one attached hydrogen (secondary N) is 1. The first-order chi connectivity index (χ1) is 15.0. The number of carbonyl (C=O) groups excluding carboxylic acids is 1. The standard InChI is InChI=1S/C22H19ClN4O3S/c1-27-10-9-24-20(27)19-17(13-7-5-4-6-8-13)25-22(31-19)26-21(28)14-11-15(23)18(30-3)16(12-14)29-2/h4-12H,1-3H3,(H,25,26,28). The van der Waals surface area contributed by atoms with Crippen molar-refractivity contribution in [3.05, 3.63) is 65.4 Å². The molecule has 2 aromatic heterocycles. The summed E-state index contributed by atoms with van der Waals surface area (Å²) in [6.45, 7) is 0. The van der Waals surface area contributed by atoms with Gasteiger partial charge in [-0.2, -0.15) is 0 Å². The number of imidazole rings is 1. The maximum absolute atomic E-state index is 12.9. The van der Waals surface area contributed by atoms with Gasteiger partial charge in [-0.15, -0.1) is 0 Å². The molecule has 0 spiro atoms. The van der Waals surface area contributed by atoms with Crippen LogP contribution in [-0.2, 0) is 7.05 Å². The summed E-state index contributed by atoms with van der Waals surface area (Å²) in [5, 5.41) is 3.60. The predicted molar refractivity (Wildman–Crippen MR) is 122 cm³/mol. The SMILES string of the molecule is COc1cc(C(=O)Nc2nc(-c3ccccc3)c(-c3nccn3C)s2)cc(Cl)c1OC. The summed E-state index contributed by atoms with van der Waals surface area (Å²) in [6.07, 6.45) is 3.60. The third kappa shape index (κ3) is 4.12. The van der Waals surface area contributed by atoms with Crippen molar-refractivity contribution in [2.75, 3.05) is 19.5 Å². The lowest BCUT2D eigenvalue weighted by Gasteiger charge is -2.11. The minimum Gasteiger partial charge on any atom is -0.493 e. The molecule has 4 rings (SSSR count). The van der Waals surface area contributed by atoms with E-state index in [1.165, 1.54) is 31.6 Å². The maximum atomic E-state index is 12.9. The van der Waals surface area contributed by atoms with Crippen LogP contribution in [0, 0.1) is 0 Å². The number of amides is 1. The van der Waals surface area contributed by atoms with Crippen molar-refractivity contribution in [1.82, 2.24) is 14.5 Å². The Bertz CT molecular complexity index is 1240. The first kappa shape index (κ1) is 20.9. The highest BCUT2D eigenvalue weighted by Gasteiger charge is 2.21. The molecule has 0 atom stereocenters. The van der Waals surface area contributed by atoms with Crippen LogP contribution in [0.4, 0.5) is 5.13 Å². The van der Waals surface area contributed by atoms with Crippen molar-refractivity contribution in [1.29, 1.82) is 0 Å². The number of hydrogen-bond acceptors (Lipinski definition) is 6. The highest BCUT2D eigenvalue weighted by atomic mass is 35.5. The lowest BCUT2D eigenvalue weighted by Crippen LogP contribution is -2.12. The van der Waals surface area contributed by atoms with E-state index in [1.54, 1.807) is 12.3 Å². The largest absolute Gasteiger partial charge is 0.493 e. The Morgan fingerprint density at radius 1 is 1.16 bits per heavy atom. The van der Waals surface area contributed by atoms with Gasteiger partial charge in [0.25, 0.3) is 5.91 Å².